The molecule has 1 aliphatic heterocycles. The molecule has 7 heteroatoms. The molecule has 1 amide bonds. The summed E-state index contributed by atoms with van der Waals surface area (Å²) in [5.74, 6) is 0.497. The lowest BCUT2D eigenvalue weighted by Crippen LogP contribution is -2.35. The van der Waals surface area contributed by atoms with Crippen LogP contribution in [0.25, 0.3) is 11.0 Å². The number of fused-ring (bicyclic) bond motifs is 1. The summed E-state index contributed by atoms with van der Waals surface area (Å²) in [7, 11) is 4.10. The molecule has 1 aliphatic rings. The molecule has 1 saturated heterocycles. The molecule has 158 valence electrons. The number of nitrogens with zero attached hydrogens (tertiary/aromatic N) is 4. The Morgan fingerprint density at radius 1 is 1.24 bits per heavy atom. The number of nitrogens with one attached hydrogen (secondary N) is 1. The summed E-state index contributed by atoms with van der Waals surface area (Å²) in [6.45, 7) is 5.14. The van der Waals surface area contributed by atoms with Gasteiger partial charge in [0, 0.05) is 32.1 Å². The van der Waals surface area contributed by atoms with E-state index in [0.717, 1.165) is 56.4 Å². The first-order valence-corrected chi connectivity index (χ1v) is 10.6. The number of aryl methyl sites for hydroxylation is 1. The first kappa shape index (κ1) is 21.3. The van der Waals surface area contributed by atoms with Gasteiger partial charge in [-0.15, -0.1) is 0 Å². The second-order valence-electron chi connectivity index (χ2n) is 8.24. The smallest absolute Gasteiger partial charge is 0.294 e. The van der Waals surface area contributed by atoms with Crippen molar-refractivity contribution in [3.63, 3.8) is 0 Å². The number of para-hydroxylation sites is 2. The van der Waals surface area contributed by atoms with E-state index in [2.05, 4.69) is 34.2 Å². The lowest BCUT2D eigenvalue weighted by atomic mass is 10.1. The van der Waals surface area contributed by atoms with Crippen molar-refractivity contribution in [2.45, 2.75) is 51.6 Å². The third kappa shape index (κ3) is 5.56. The van der Waals surface area contributed by atoms with Crippen molar-refractivity contribution >= 4 is 22.8 Å². The maximum Gasteiger partial charge on any atom is 0.294 e. The molecule has 2 heterocycles. The number of rotatable bonds is 9. The van der Waals surface area contributed by atoms with Gasteiger partial charge in [0.05, 0.1) is 11.0 Å². The van der Waals surface area contributed by atoms with Crippen LogP contribution in [0.2, 0.25) is 0 Å². The van der Waals surface area contributed by atoms with Crippen LogP contribution in [0.5, 0.6) is 0 Å². The van der Waals surface area contributed by atoms with Gasteiger partial charge in [0.2, 0.25) is 5.91 Å². The summed E-state index contributed by atoms with van der Waals surface area (Å²) in [6.07, 6.45) is 4.44. The normalized spacial score (nSPS) is 15.2. The van der Waals surface area contributed by atoms with Gasteiger partial charge in [-0.1, -0.05) is 12.1 Å². The van der Waals surface area contributed by atoms with Gasteiger partial charge in [-0.05, 0) is 65.4 Å². The molecule has 1 fully saturated rings. The number of aromatic nitrogens is 2. The highest BCUT2D eigenvalue weighted by Crippen LogP contribution is 2.18. The highest BCUT2D eigenvalue weighted by atomic mass is 16.2. The first-order valence-electron chi connectivity index (χ1n) is 10.6. The van der Waals surface area contributed by atoms with Crippen LogP contribution in [0, 0.1) is 0 Å². The van der Waals surface area contributed by atoms with Gasteiger partial charge in [0.25, 0.3) is 5.56 Å². The lowest BCUT2D eigenvalue weighted by molar-refractivity contribution is -0.121. The molecule has 0 aliphatic carbocycles. The summed E-state index contributed by atoms with van der Waals surface area (Å²) in [5.41, 5.74) is 1.48. The molecule has 1 aromatic carbocycles. The number of carbonyl (C=O) groups is 1. The Bertz CT molecular complexity index is 886. The Hall–Kier alpha value is -2.41. The standard InChI is InChI=1S/C22H33N5O2/c1-17(9-8-13-25(2)3)23-20(28)12-16-27-19-11-5-4-10-18(19)24-21(22(27)29)26-14-6-7-15-26/h4-5,10-11,17H,6-9,12-16H2,1-3H3,(H,23,28). The molecule has 29 heavy (non-hydrogen) atoms. The fourth-order valence-electron chi connectivity index (χ4n) is 3.88. The van der Waals surface area contributed by atoms with Crippen molar-refractivity contribution in [1.82, 2.24) is 19.8 Å². The monoisotopic (exact) mass is 399 g/mol. The number of carbonyl (C=O) groups excluding carboxylic acids is 1. The van der Waals surface area contributed by atoms with Crippen molar-refractivity contribution in [3.8, 4) is 0 Å². The maximum atomic E-state index is 13.1. The number of amides is 1. The third-order valence-corrected chi connectivity index (χ3v) is 5.45. The van der Waals surface area contributed by atoms with Gasteiger partial charge in [0.15, 0.2) is 5.82 Å². The Balaban J connectivity index is 1.70. The quantitative estimate of drug-likeness (QED) is 0.700. The van der Waals surface area contributed by atoms with Crippen LogP contribution in [0.1, 0.15) is 39.0 Å². The van der Waals surface area contributed by atoms with Crippen LogP contribution in [0.3, 0.4) is 0 Å². The number of benzene rings is 1. The van der Waals surface area contributed by atoms with E-state index in [4.69, 9.17) is 0 Å². The van der Waals surface area contributed by atoms with E-state index in [1.165, 1.54) is 0 Å². The SMILES string of the molecule is CC(CCCN(C)C)NC(=O)CCn1c(=O)c(N2CCCC2)nc2ccccc21. The molecule has 2 aromatic rings. The zero-order valence-corrected chi connectivity index (χ0v) is 17.9. The highest BCUT2D eigenvalue weighted by molar-refractivity contribution is 5.78. The molecule has 1 aromatic heterocycles. The highest BCUT2D eigenvalue weighted by Gasteiger charge is 2.20. The van der Waals surface area contributed by atoms with E-state index in [1.807, 2.05) is 31.2 Å². The predicted octanol–water partition coefficient (Wildman–Crippen LogP) is 2.23. The summed E-state index contributed by atoms with van der Waals surface area (Å²) >= 11 is 0. The van der Waals surface area contributed by atoms with Gasteiger partial charge in [-0.3, -0.25) is 9.59 Å². The van der Waals surface area contributed by atoms with Crippen molar-refractivity contribution in [3.05, 3.63) is 34.6 Å². The van der Waals surface area contributed by atoms with Crippen LogP contribution in [0.4, 0.5) is 5.82 Å². The van der Waals surface area contributed by atoms with Crippen LogP contribution in [-0.4, -0.2) is 60.1 Å². The molecule has 1 atom stereocenters. The van der Waals surface area contributed by atoms with Crippen molar-refractivity contribution < 1.29 is 4.79 Å². The molecule has 0 spiro atoms. The summed E-state index contributed by atoms with van der Waals surface area (Å²) in [4.78, 5) is 34.4. The largest absolute Gasteiger partial charge is 0.354 e. The van der Waals surface area contributed by atoms with Crippen LogP contribution >= 0.6 is 0 Å². The lowest BCUT2D eigenvalue weighted by Gasteiger charge is -2.19. The molecule has 1 unspecified atom stereocenters. The Kier molecular flexibility index (Phi) is 7.25. The number of hydrogen-bond donors (Lipinski definition) is 1. The van der Waals surface area contributed by atoms with Gasteiger partial charge < -0.3 is 19.7 Å². The van der Waals surface area contributed by atoms with Gasteiger partial charge >= 0.3 is 0 Å². The van der Waals surface area contributed by atoms with Gasteiger partial charge in [-0.25, -0.2) is 4.98 Å². The van der Waals surface area contributed by atoms with Gasteiger partial charge in [-0.2, -0.15) is 0 Å². The van der Waals surface area contributed by atoms with Crippen LogP contribution in [0.15, 0.2) is 29.1 Å². The molecular formula is C22H33N5O2. The molecule has 0 radical (unpaired) electrons. The average molecular weight is 400 g/mol. The molecular weight excluding hydrogens is 366 g/mol. The minimum atomic E-state index is -0.0996. The second-order valence-corrected chi connectivity index (χ2v) is 8.24. The van der Waals surface area contributed by atoms with Crippen molar-refractivity contribution in [1.29, 1.82) is 0 Å². The third-order valence-electron chi connectivity index (χ3n) is 5.45. The molecule has 1 N–H and O–H groups in total. The van der Waals surface area contributed by atoms with Gasteiger partial charge in [0.1, 0.15) is 0 Å². The second kappa shape index (κ2) is 9.87. The minimum absolute atomic E-state index is 0.0159. The molecule has 3 rings (SSSR count). The fourth-order valence-corrected chi connectivity index (χ4v) is 3.88. The van der Waals surface area contributed by atoms with E-state index in [0.29, 0.717) is 12.4 Å². The number of anilines is 1. The van der Waals surface area contributed by atoms with E-state index < -0.39 is 0 Å². The fraction of sp³-hybridized carbons (Fsp3) is 0.591. The van der Waals surface area contributed by atoms with Crippen LogP contribution < -0.4 is 15.8 Å². The van der Waals surface area contributed by atoms with E-state index in [-0.39, 0.29) is 23.9 Å². The van der Waals surface area contributed by atoms with Crippen LogP contribution in [-0.2, 0) is 11.3 Å². The van der Waals surface area contributed by atoms with E-state index >= 15 is 0 Å². The van der Waals surface area contributed by atoms with Crippen molar-refractivity contribution in [2.24, 2.45) is 0 Å². The van der Waals surface area contributed by atoms with Crippen molar-refractivity contribution in [2.75, 3.05) is 38.6 Å². The predicted molar refractivity (Wildman–Crippen MR) is 117 cm³/mol. The summed E-state index contributed by atoms with van der Waals surface area (Å²) < 4.78 is 1.71. The molecule has 0 saturated carbocycles. The number of hydrogen-bond acceptors (Lipinski definition) is 5. The summed E-state index contributed by atoms with van der Waals surface area (Å²) in [5, 5.41) is 3.06. The van der Waals surface area contributed by atoms with E-state index in [1.54, 1.807) is 4.57 Å². The zero-order valence-electron chi connectivity index (χ0n) is 17.9. The first-order chi connectivity index (χ1) is 14.0. The topological polar surface area (TPSA) is 70.5 Å². The molecule has 0 bridgehead atoms. The Morgan fingerprint density at radius 2 is 1.97 bits per heavy atom. The summed E-state index contributed by atoms with van der Waals surface area (Å²) in [6, 6.07) is 7.80. The van der Waals surface area contributed by atoms with E-state index in [9.17, 15) is 9.59 Å². The average Bonchev–Trinajstić information content (AvgIpc) is 3.21. The maximum absolute atomic E-state index is 13.1. The minimum Gasteiger partial charge on any atom is -0.354 e. The molecule has 7 nitrogen and oxygen atoms in total. The Labute approximate surface area is 172 Å². The zero-order chi connectivity index (χ0) is 20.8. The Morgan fingerprint density at radius 3 is 2.69 bits per heavy atom.